The Morgan fingerprint density at radius 3 is 2.83 bits per heavy atom. The van der Waals surface area contributed by atoms with Gasteiger partial charge in [-0.05, 0) is 38.0 Å². The average molecular weight is 413 g/mol. The van der Waals surface area contributed by atoms with Crippen LogP contribution in [0.5, 0.6) is 0 Å². The van der Waals surface area contributed by atoms with Crippen LogP contribution in [0.4, 0.5) is 20.5 Å². The summed E-state index contributed by atoms with van der Waals surface area (Å²) in [6, 6.07) is 0. The molecule has 1 aromatic rings. The standard InChI is InChI=1S/C19H29F2N5O3/c1-2-3-8-23-19-25-12-15(17(28)22-9-10-29-18(20)21)16(26-19)24-11-13-4-6-14(27)7-5-13/h11-14,18,27H,2-10H2,1H3,(H,22,28)(H,23,25,26). The number of rotatable bonds is 11. The van der Waals surface area contributed by atoms with Gasteiger partial charge in [-0.25, -0.2) is 9.98 Å². The number of hydrogen-bond donors (Lipinski definition) is 3. The number of carbonyl (C=O) groups is 1. The fraction of sp³-hybridized carbons (Fsp3) is 0.684. The molecule has 3 N–H and O–H groups in total. The van der Waals surface area contributed by atoms with Gasteiger partial charge in [0.2, 0.25) is 5.95 Å². The van der Waals surface area contributed by atoms with E-state index in [0.717, 1.165) is 38.5 Å². The van der Waals surface area contributed by atoms with Gasteiger partial charge in [-0.3, -0.25) is 4.79 Å². The largest absolute Gasteiger partial charge is 0.393 e. The third kappa shape index (κ3) is 8.36. The molecule has 2 rings (SSSR count). The van der Waals surface area contributed by atoms with Crippen LogP contribution < -0.4 is 10.6 Å². The Kier molecular flexibility index (Phi) is 9.85. The van der Waals surface area contributed by atoms with Crippen molar-refractivity contribution in [3.05, 3.63) is 11.8 Å². The second-order valence-electron chi connectivity index (χ2n) is 6.95. The number of hydrogen-bond acceptors (Lipinski definition) is 7. The minimum absolute atomic E-state index is 0.0661. The molecule has 0 atom stereocenters. The quantitative estimate of drug-likeness (QED) is 0.380. The van der Waals surface area contributed by atoms with Gasteiger partial charge >= 0.3 is 6.61 Å². The van der Waals surface area contributed by atoms with Gasteiger partial charge in [-0.1, -0.05) is 13.3 Å². The number of amides is 1. The minimum atomic E-state index is -2.88. The van der Waals surface area contributed by atoms with Gasteiger partial charge in [-0.2, -0.15) is 13.8 Å². The number of aliphatic hydroxyl groups is 1. The number of anilines is 1. The van der Waals surface area contributed by atoms with Crippen molar-refractivity contribution >= 4 is 23.9 Å². The van der Waals surface area contributed by atoms with Gasteiger partial charge in [0.15, 0.2) is 5.82 Å². The van der Waals surface area contributed by atoms with Gasteiger partial charge in [0.25, 0.3) is 5.91 Å². The van der Waals surface area contributed by atoms with Crippen molar-refractivity contribution < 1.29 is 23.4 Å². The third-order valence-electron chi connectivity index (χ3n) is 4.61. The maximum atomic E-state index is 12.4. The highest BCUT2D eigenvalue weighted by Crippen LogP contribution is 2.24. The zero-order chi connectivity index (χ0) is 21.1. The molecule has 1 heterocycles. The first-order chi connectivity index (χ1) is 14.0. The number of aliphatic hydroxyl groups excluding tert-OH is 1. The first-order valence-corrected chi connectivity index (χ1v) is 10.0. The normalized spacial score (nSPS) is 19.6. The second kappa shape index (κ2) is 12.4. The summed E-state index contributed by atoms with van der Waals surface area (Å²) < 4.78 is 28.2. The molecule has 0 bridgehead atoms. The zero-order valence-electron chi connectivity index (χ0n) is 16.6. The molecule has 1 saturated carbocycles. The highest BCUT2D eigenvalue weighted by atomic mass is 19.3. The summed E-state index contributed by atoms with van der Waals surface area (Å²) in [5, 5.41) is 15.2. The first-order valence-electron chi connectivity index (χ1n) is 10.0. The highest BCUT2D eigenvalue weighted by molar-refractivity contribution is 5.98. The lowest BCUT2D eigenvalue weighted by atomic mass is 9.88. The summed E-state index contributed by atoms with van der Waals surface area (Å²) in [5.74, 6) is 0.300. The number of carbonyl (C=O) groups excluding carboxylic acids is 1. The molecule has 0 spiro atoms. The van der Waals surface area contributed by atoms with E-state index in [1.54, 1.807) is 6.21 Å². The summed E-state index contributed by atoms with van der Waals surface area (Å²) >= 11 is 0. The lowest BCUT2D eigenvalue weighted by molar-refractivity contribution is -0.126. The van der Waals surface area contributed by atoms with Crippen LogP contribution in [0.3, 0.4) is 0 Å². The molecule has 1 aliphatic carbocycles. The molecule has 8 nitrogen and oxygen atoms in total. The van der Waals surface area contributed by atoms with E-state index in [-0.39, 0.29) is 36.6 Å². The second-order valence-corrected chi connectivity index (χ2v) is 6.95. The fourth-order valence-corrected chi connectivity index (χ4v) is 2.93. The lowest BCUT2D eigenvalue weighted by Crippen LogP contribution is -2.28. The van der Waals surface area contributed by atoms with Crippen molar-refractivity contribution in [3.63, 3.8) is 0 Å². The van der Waals surface area contributed by atoms with E-state index in [4.69, 9.17) is 0 Å². The molecule has 0 aliphatic heterocycles. The zero-order valence-corrected chi connectivity index (χ0v) is 16.6. The minimum Gasteiger partial charge on any atom is -0.393 e. The number of alkyl halides is 2. The van der Waals surface area contributed by atoms with E-state index in [1.165, 1.54) is 6.20 Å². The summed E-state index contributed by atoms with van der Waals surface area (Å²) in [7, 11) is 0. The maximum absolute atomic E-state index is 12.4. The number of ether oxygens (including phenoxy) is 1. The van der Waals surface area contributed by atoms with E-state index in [9.17, 15) is 18.7 Å². The summed E-state index contributed by atoms with van der Waals surface area (Å²) in [6.07, 6.45) is 7.95. The Morgan fingerprint density at radius 1 is 1.38 bits per heavy atom. The molecule has 1 aliphatic rings. The van der Waals surface area contributed by atoms with Crippen molar-refractivity contribution in [2.75, 3.05) is 25.0 Å². The monoisotopic (exact) mass is 413 g/mol. The summed E-state index contributed by atoms with van der Waals surface area (Å²) in [6.45, 7) is -0.466. The fourth-order valence-electron chi connectivity index (χ4n) is 2.93. The smallest absolute Gasteiger partial charge is 0.345 e. The average Bonchev–Trinajstić information content (AvgIpc) is 2.71. The van der Waals surface area contributed by atoms with Crippen molar-refractivity contribution in [3.8, 4) is 0 Å². The predicted molar refractivity (Wildman–Crippen MR) is 106 cm³/mol. The van der Waals surface area contributed by atoms with Crippen LogP contribution in [0.25, 0.3) is 0 Å². The Labute approximate surface area is 169 Å². The van der Waals surface area contributed by atoms with E-state index in [0.29, 0.717) is 12.5 Å². The van der Waals surface area contributed by atoms with Crippen molar-refractivity contribution in [2.24, 2.45) is 10.9 Å². The molecule has 10 heteroatoms. The molecular weight excluding hydrogens is 384 g/mol. The molecule has 162 valence electrons. The van der Waals surface area contributed by atoms with E-state index in [2.05, 4.69) is 37.3 Å². The molecule has 0 unspecified atom stereocenters. The molecular formula is C19H29F2N5O3. The number of unbranched alkanes of at least 4 members (excludes halogenated alkanes) is 1. The Bertz CT molecular complexity index is 667. The molecule has 1 amide bonds. The Morgan fingerprint density at radius 2 is 2.14 bits per heavy atom. The summed E-state index contributed by atoms with van der Waals surface area (Å²) in [5.41, 5.74) is 0.162. The maximum Gasteiger partial charge on any atom is 0.345 e. The van der Waals surface area contributed by atoms with E-state index < -0.39 is 12.5 Å². The number of halogens is 2. The van der Waals surface area contributed by atoms with Crippen molar-refractivity contribution in [1.29, 1.82) is 0 Å². The van der Waals surface area contributed by atoms with Gasteiger partial charge in [0.05, 0.1) is 12.7 Å². The molecule has 0 radical (unpaired) electrons. The van der Waals surface area contributed by atoms with Crippen LogP contribution in [0.2, 0.25) is 0 Å². The van der Waals surface area contributed by atoms with E-state index >= 15 is 0 Å². The highest BCUT2D eigenvalue weighted by Gasteiger charge is 2.19. The number of nitrogens with zero attached hydrogens (tertiary/aromatic N) is 3. The van der Waals surface area contributed by atoms with Crippen LogP contribution in [0, 0.1) is 5.92 Å². The van der Waals surface area contributed by atoms with Gasteiger partial charge in [0.1, 0.15) is 5.56 Å². The van der Waals surface area contributed by atoms with Crippen molar-refractivity contribution in [2.45, 2.75) is 58.2 Å². The molecule has 1 fully saturated rings. The molecule has 29 heavy (non-hydrogen) atoms. The number of aliphatic imine (C=N–C) groups is 1. The predicted octanol–water partition coefficient (Wildman–Crippen LogP) is 2.91. The van der Waals surface area contributed by atoms with Crippen LogP contribution in [-0.2, 0) is 4.74 Å². The van der Waals surface area contributed by atoms with Gasteiger partial charge in [0, 0.05) is 25.5 Å². The molecule has 0 aromatic carbocycles. The lowest BCUT2D eigenvalue weighted by Gasteiger charge is -2.22. The Hall–Kier alpha value is -2.20. The van der Waals surface area contributed by atoms with Crippen LogP contribution >= 0.6 is 0 Å². The van der Waals surface area contributed by atoms with Gasteiger partial charge < -0.3 is 20.5 Å². The topological polar surface area (TPSA) is 109 Å². The van der Waals surface area contributed by atoms with Crippen LogP contribution in [-0.4, -0.2) is 59.6 Å². The SMILES string of the molecule is CCCCNc1ncc(C(=O)NCCOC(F)F)c(N=CC2CCC(O)CC2)n1. The third-order valence-corrected chi connectivity index (χ3v) is 4.61. The Balaban J connectivity index is 2.07. The summed E-state index contributed by atoms with van der Waals surface area (Å²) in [4.78, 5) is 25.3. The first kappa shape index (κ1) is 23.1. The molecule has 0 saturated heterocycles. The number of nitrogens with one attached hydrogen (secondary N) is 2. The molecule has 1 aromatic heterocycles. The van der Waals surface area contributed by atoms with Crippen molar-refractivity contribution in [1.82, 2.24) is 15.3 Å². The van der Waals surface area contributed by atoms with E-state index in [1.807, 2.05) is 0 Å². The number of aromatic nitrogens is 2. The van der Waals surface area contributed by atoms with Gasteiger partial charge in [-0.15, -0.1) is 0 Å². The van der Waals surface area contributed by atoms with Crippen LogP contribution in [0.15, 0.2) is 11.2 Å². The van der Waals surface area contributed by atoms with Crippen LogP contribution in [0.1, 0.15) is 55.8 Å².